The summed E-state index contributed by atoms with van der Waals surface area (Å²) in [5.41, 5.74) is 2.03. The van der Waals surface area contributed by atoms with Gasteiger partial charge in [0.2, 0.25) is 0 Å². The van der Waals surface area contributed by atoms with Crippen LogP contribution in [0.25, 0.3) is 0 Å². The van der Waals surface area contributed by atoms with Crippen molar-refractivity contribution in [3.05, 3.63) is 29.3 Å². The van der Waals surface area contributed by atoms with Crippen molar-refractivity contribution in [2.24, 2.45) is 5.92 Å². The Hall–Kier alpha value is -1.10. The zero-order valence-electron chi connectivity index (χ0n) is 13.8. The number of benzene rings is 1. The van der Waals surface area contributed by atoms with Gasteiger partial charge in [0, 0.05) is 31.2 Å². The van der Waals surface area contributed by atoms with Gasteiger partial charge < -0.3 is 14.7 Å². The van der Waals surface area contributed by atoms with Crippen molar-refractivity contribution in [3.8, 4) is 5.75 Å². The molecule has 1 aliphatic rings. The van der Waals surface area contributed by atoms with Crippen molar-refractivity contribution in [1.29, 1.82) is 0 Å². The number of β-amino-alcohol motifs (C(OH)–C–C–N with tert-alkyl or cyclic N) is 1. The SMILES string of the molecule is COc1ccc(C)cc1C(O)CN1CC(C)C(N(C)C)C1. The third-order valence-electron chi connectivity index (χ3n) is 4.49. The molecule has 0 amide bonds. The van der Waals surface area contributed by atoms with E-state index in [0.717, 1.165) is 30.0 Å². The molecule has 3 atom stereocenters. The maximum atomic E-state index is 10.6. The number of aryl methyl sites for hydroxylation is 1. The second kappa shape index (κ2) is 6.77. The number of aliphatic hydroxyl groups is 1. The van der Waals surface area contributed by atoms with Gasteiger partial charge in [0.05, 0.1) is 13.2 Å². The highest BCUT2D eigenvalue weighted by Crippen LogP contribution is 2.29. The van der Waals surface area contributed by atoms with Gasteiger partial charge >= 0.3 is 0 Å². The summed E-state index contributed by atoms with van der Waals surface area (Å²) in [5, 5.41) is 10.6. The Morgan fingerprint density at radius 3 is 2.67 bits per heavy atom. The number of nitrogens with zero attached hydrogens (tertiary/aromatic N) is 2. The van der Waals surface area contributed by atoms with Crippen LogP contribution in [0.2, 0.25) is 0 Å². The van der Waals surface area contributed by atoms with E-state index in [2.05, 4.69) is 30.8 Å². The van der Waals surface area contributed by atoms with Crippen LogP contribution in [0.4, 0.5) is 0 Å². The quantitative estimate of drug-likeness (QED) is 0.899. The molecule has 1 fully saturated rings. The molecule has 21 heavy (non-hydrogen) atoms. The first-order valence-corrected chi connectivity index (χ1v) is 7.63. The lowest BCUT2D eigenvalue weighted by Crippen LogP contribution is -2.35. The topological polar surface area (TPSA) is 35.9 Å². The zero-order chi connectivity index (χ0) is 15.6. The highest BCUT2D eigenvalue weighted by Gasteiger charge is 2.32. The van der Waals surface area contributed by atoms with E-state index in [4.69, 9.17) is 4.74 Å². The van der Waals surface area contributed by atoms with Crippen molar-refractivity contribution in [2.45, 2.75) is 26.0 Å². The number of hydrogen-bond acceptors (Lipinski definition) is 4. The summed E-state index contributed by atoms with van der Waals surface area (Å²) in [6, 6.07) is 6.53. The molecular formula is C17H28N2O2. The van der Waals surface area contributed by atoms with E-state index in [-0.39, 0.29) is 0 Å². The molecule has 118 valence electrons. The van der Waals surface area contributed by atoms with Crippen LogP contribution in [0.5, 0.6) is 5.75 Å². The fourth-order valence-electron chi connectivity index (χ4n) is 3.33. The third-order valence-corrected chi connectivity index (χ3v) is 4.49. The first-order chi connectivity index (χ1) is 9.92. The normalized spacial score (nSPS) is 24.5. The number of likely N-dealkylation sites (tertiary alicyclic amines) is 1. The molecule has 1 saturated heterocycles. The molecule has 0 aromatic heterocycles. The Balaban J connectivity index is 2.05. The Bertz CT molecular complexity index is 476. The van der Waals surface area contributed by atoms with E-state index < -0.39 is 6.10 Å². The van der Waals surface area contributed by atoms with Gasteiger partial charge in [-0.05, 0) is 39.1 Å². The van der Waals surface area contributed by atoms with Gasteiger partial charge in [-0.2, -0.15) is 0 Å². The summed E-state index contributed by atoms with van der Waals surface area (Å²) in [4.78, 5) is 4.63. The van der Waals surface area contributed by atoms with Crippen LogP contribution in [0.3, 0.4) is 0 Å². The Labute approximate surface area is 128 Å². The second-order valence-corrected chi connectivity index (χ2v) is 6.49. The van der Waals surface area contributed by atoms with Crippen molar-refractivity contribution in [3.63, 3.8) is 0 Å². The number of hydrogen-bond donors (Lipinski definition) is 1. The molecule has 1 aromatic carbocycles. The maximum Gasteiger partial charge on any atom is 0.124 e. The predicted molar refractivity (Wildman–Crippen MR) is 85.8 cm³/mol. The molecule has 4 heteroatoms. The summed E-state index contributed by atoms with van der Waals surface area (Å²) in [6.07, 6.45) is -0.507. The lowest BCUT2D eigenvalue weighted by molar-refractivity contribution is 0.119. The van der Waals surface area contributed by atoms with Crippen molar-refractivity contribution < 1.29 is 9.84 Å². The molecule has 0 radical (unpaired) electrons. The van der Waals surface area contributed by atoms with Crippen LogP contribution < -0.4 is 4.74 Å². The third kappa shape index (κ3) is 3.76. The number of ether oxygens (including phenoxy) is 1. The number of aliphatic hydroxyl groups excluding tert-OH is 1. The minimum atomic E-state index is -0.507. The van der Waals surface area contributed by atoms with Crippen molar-refractivity contribution in [1.82, 2.24) is 9.80 Å². The molecule has 2 rings (SSSR count). The summed E-state index contributed by atoms with van der Waals surface area (Å²) >= 11 is 0. The van der Waals surface area contributed by atoms with Crippen LogP contribution in [-0.4, -0.2) is 61.8 Å². The van der Waals surface area contributed by atoms with Gasteiger partial charge in [-0.25, -0.2) is 0 Å². The smallest absolute Gasteiger partial charge is 0.124 e. The number of methoxy groups -OCH3 is 1. The molecular weight excluding hydrogens is 264 g/mol. The first kappa shape index (κ1) is 16.3. The van der Waals surface area contributed by atoms with Gasteiger partial charge in [0.1, 0.15) is 5.75 Å². The first-order valence-electron chi connectivity index (χ1n) is 7.63. The Kier molecular flexibility index (Phi) is 5.25. The van der Waals surface area contributed by atoms with E-state index in [1.807, 2.05) is 25.1 Å². The predicted octanol–water partition coefficient (Wildman–Crippen LogP) is 1.92. The highest BCUT2D eigenvalue weighted by molar-refractivity contribution is 5.38. The highest BCUT2D eigenvalue weighted by atomic mass is 16.5. The van der Waals surface area contributed by atoms with Crippen molar-refractivity contribution in [2.75, 3.05) is 40.8 Å². The summed E-state index contributed by atoms with van der Waals surface area (Å²) < 4.78 is 5.38. The molecule has 1 heterocycles. The van der Waals surface area contributed by atoms with E-state index in [9.17, 15) is 5.11 Å². The van der Waals surface area contributed by atoms with E-state index in [1.165, 1.54) is 0 Å². The fourth-order valence-corrected chi connectivity index (χ4v) is 3.33. The van der Waals surface area contributed by atoms with Crippen LogP contribution in [-0.2, 0) is 0 Å². The minimum absolute atomic E-state index is 0.507. The van der Waals surface area contributed by atoms with E-state index in [0.29, 0.717) is 18.5 Å². The maximum absolute atomic E-state index is 10.6. The Morgan fingerprint density at radius 1 is 1.38 bits per heavy atom. The standard InChI is InChI=1S/C17H28N2O2/c1-12-6-7-17(21-5)14(8-12)16(20)11-19-9-13(2)15(10-19)18(3)4/h6-8,13,15-16,20H,9-11H2,1-5H3. The fraction of sp³-hybridized carbons (Fsp3) is 0.647. The summed E-state index contributed by atoms with van der Waals surface area (Å²) in [6.45, 7) is 7.03. The molecule has 0 aliphatic carbocycles. The van der Waals surface area contributed by atoms with Gasteiger partial charge in [0.25, 0.3) is 0 Å². The van der Waals surface area contributed by atoms with Crippen molar-refractivity contribution >= 4 is 0 Å². The van der Waals surface area contributed by atoms with Crippen LogP contribution in [0.1, 0.15) is 24.2 Å². The molecule has 4 nitrogen and oxygen atoms in total. The van der Waals surface area contributed by atoms with Crippen LogP contribution in [0.15, 0.2) is 18.2 Å². The van der Waals surface area contributed by atoms with Gasteiger partial charge in [-0.15, -0.1) is 0 Å². The molecule has 3 unspecified atom stereocenters. The van der Waals surface area contributed by atoms with Gasteiger partial charge in [-0.3, -0.25) is 4.90 Å². The monoisotopic (exact) mass is 292 g/mol. The number of likely N-dealkylation sites (N-methyl/N-ethyl adjacent to an activating group) is 1. The van der Waals surface area contributed by atoms with Crippen LogP contribution in [0, 0.1) is 12.8 Å². The molecule has 1 N–H and O–H groups in total. The minimum Gasteiger partial charge on any atom is -0.496 e. The second-order valence-electron chi connectivity index (χ2n) is 6.49. The molecule has 0 bridgehead atoms. The van der Waals surface area contributed by atoms with Gasteiger partial charge in [0.15, 0.2) is 0 Å². The molecule has 1 aliphatic heterocycles. The summed E-state index contributed by atoms with van der Waals surface area (Å²) in [7, 11) is 5.91. The van der Waals surface area contributed by atoms with E-state index >= 15 is 0 Å². The Morgan fingerprint density at radius 2 is 2.10 bits per heavy atom. The number of rotatable bonds is 5. The van der Waals surface area contributed by atoms with Gasteiger partial charge in [-0.1, -0.05) is 18.6 Å². The average Bonchev–Trinajstić information content (AvgIpc) is 2.79. The largest absolute Gasteiger partial charge is 0.496 e. The molecule has 0 spiro atoms. The molecule has 0 saturated carbocycles. The zero-order valence-corrected chi connectivity index (χ0v) is 13.8. The average molecular weight is 292 g/mol. The lowest BCUT2D eigenvalue weighted by atomic mass is 10.0. The lowest BCUT2D eigenvalue weighted by Gasteiger charge is -2.24. The van der Waals surface area contributed by atoms with E-state index in [1.54, 1.807) is 7.11 Å². The molecule has 1 aromatic rings. The summed E-state index contributed by atoms with van der Waals surface area (Å²) in [5.74, 6) is 1.40. The van der Waals surface area contributed by atoms with Crippen LogP contribution >= 0.6 is 0 Å².